The van der Waals surface area contributed by atoms with Gasteiger partial charge in [0.1, 0.15) is 17.6 Å². The fourth-order valence-corrected chi connectivity index (χ4v) is 6.35. The minimum absolute atomic E-state index is 0.0499. The first-order valence-corrected chi connectivity index (χ1v) is 12.2. The maximum absolute atomic E-state index is 13.9. The Balaban J connectivity index is 2.09. The number of nitrogens with one attached hydrogen (secondary N) is 1. The highest BCUT2D eigenvalue weighted by molar-refractivity contribution is 5.98. The summed E-state index contributed by atoms with van der Waals surface area (Å²) in [6, 6.07) is -1.47. The lowest BCUT2D eigenvalue weighted by molar-refractivity contribution is -0.162. The van der Waals surface area contributed by atoms with Crippen molar-refractivity contribution in [1.29, 1.82) is 0 Å². The van der Waals surface area contributed by atoms with Crippen molar-refractivity contribution < 1.29 is 29.0 Å². The van der Waals surface area contributed by atoms with E-state index in [-0.39, 0.29) is 37.0 Å². The van der Waals surface area contributed by atoms with E-state index in [1.807, 2.05) is 27.7 Å². The summed E-state index contributed by atoms with van der Waals surface area (Å²) in [4.78, 5) is 42.2. The van der Waals surface area contributed by atoms with Crippen molar-refractivity contribution in [3.05, 3.63) is 0 Å². The first-order valence-electron chi connectivity index (χ1n) is 12.2. The molecule has 3 saturated heterocycles. The molecule has 32 heavy (non-hydrogen) atoms. The van der Waals surface area contributed by atoms with Gasteiger partial charge in [-0.15, -0.1) is 0 Å². The summed E-state index contributed by atoms with van der Waals surface area (Å²) >= 11 is 0. The molecule has 0 aromatic heterocycles. The van der Waals surface area contributed by atoms with E-state index in [4.69, 9.17) is 9.47 Å². The Morgan fingerprint density at radius 1 is 1.25 bits per heavy atom. The number of carbonyl (C=O) groups is 3. The van der Waals surface area contributed by atoms with Gasteiger partial charge in [-0.3, -0.25) is 14.4 Å². The van der Waals surface area contributed by atoms with E-state index in [9.17, 15) is 19.5 Å². The van der Waals surface area contributed by atoms with Crippen molar-refractivity contribution in [2.75, 3.05) is 13.2 Å². The molecule has 8 heteroatoms. The summed E-state index contributed by atoms with van der Waals surface area (Å²) in [5.41, 5.74) is -1.87. The first-order chi connectivity index (χ1) is 15.1. The van der Waals surface area contributed by atoms with Crippen LogP contribution in [0.2, 0.25) is 0 Å². The van der Waals surface area contributed by atoms with Crippen LogP contribution in [0, 0.1) is 17.8 Å². The van der Waals surface area contributed by atoms with Gasteiger partial charge in [0.25, 0.3) is 0 Å². The fraction of sp³-hybridized carbons (Fsp3) is 0.875. The zero-order valence-corrected chi connectivity index (χ0v) is 20.3. The standard InChI is InChI=1S/C24H40N2O6/c1-7-10-15(6)25-20(28)19-24-12-11-23(8-2,32-24)18(22(30)31-9-3)17(24)21(29)26(19)16(13-27)14(4)5/h14-19,27H,7-13H2,1-6H3,(H,25,28)/t15?,16-,17-,18-,19?,23+,24?/m0/s1. The Morgan fingerprint density at radius 2 is 1.94 bits per heavy atom. The zero-order valence-electron chi connectivity index (χ0n) is 20.3. The van der Waals surface area contributed by atoms with E-state index >= 15 is 0 Å². The number of aliphatic hydroxyl groups excluding tert-OH is 1. The third-order valence-corrected chi connectivity index (χ3v) is 7.83. The van der Waals surface area contributed by atoms with E-state index in [1.165, 1.54) is 4.90 Å². The average molecular weight is 453 g/mol. The topological polar surface area (TPSA) is 105 Å². The normalized spacial score (nSPS) is 35.2. The molecule has 7 atom stereocenters. The lowest BCUT2D eigenvalue weighted by Gasteiger charge is -2.39. The average Bonchev–Trinajstić information content (AvgIpc) is 3.33. The van der Waals surface area contributed by atoms with E-state index in [1.54, 1.807) is 6.92 Å². The van der Waals surface area contributed by atoms with Gasteiger partial charge < -0.3 is 24.8 Å². The van der Waals surface area contributed by atoms with Gasteiger partial charge in [0, 0.05) is 6.04 Å². The predicted molar refractivity (Wildman–Crippen MR) is 119 cm³/mol. The molecule has 3 heterocycles. The molecule has 2 bridgehead atoms. The number of rotatable bonds is 10. The first kappa shape index (κ1) is 25.0. The Labute approximate surface area is 191 Å². The van der Waals surface area contributed by atoms with Crippen LogP contribution in [0.3, 0.4) is 0 Å². The number of hydrogen-bond donors (Lipinski definition) is 2. The molecule has 0 aromatic rings. The van der Waals surface area contributed by atoms with Gasteiger partial charge in [-0.25, -0.2) is 0 Å². The van der Waals surface area contributed by atoms with Gasteiger partial charge >= 0.3 is 5.97 Å². The minimum Gasteiger partial charge on any atom is -0.466 e. The highest BCUT2D eigenvalue weighted by Crippen LogP contribution is 2.64. The zero-order chi connectivity index (χ0) is 23.8. The molecule has 3 aliphatic rings. The van der Waals surface area contributed by atoms with Crippen LogP contribution in [-0.4, -0.2) is 70.3 Å². The molecule has 0 radical (unpaired) electrons. The Hall–Kier alpha value is -1.67. The third kappa shape index (κ3) is 3.63. The van der Waals surface area contributed by atoms with E-state index in [0.717, 1.165) is 12.8 Å². The Kier molecular flexibility index (Phi) is 7.25. The monoisotopic (exact) mass is 452 g/mol. The molecule has 0 aliphatic carbocycles. The number of fused-ring (bicyclic) bond motifs is 1. The summed E-state index contributed by atoms with van der Waals surface area (Å²) in [6.07, 6.45) is 3.44. The number of amides is 2. The summed E-state index contributed by atoms with van der Waals surface area (Å²) in [6.45, 7) is 11.5. The van der Waals surface area contributed by atoms with Crippen molar-refractivity contribution in [3.8, 4) is 0 Å². The second kappa shape index (κ2) is 9.29. The molecule has 0 aromatic carbocycles. The van der Waals surface area contributed by atoms with E-state index in [0.29, 0.717) is 19.3 Å². The molecule has 2 amide bonds. The third-order valence-electron chi connectivity index (χ3n) is 7.83. The van der Waals surface area contributed by atoms with E-state index < -0.39 is 41.1 Å². The minimum atomic E-state index is -1.08. The van der Waals surface area contributed by atoms with Crippen molar-refractivity contribution in [2.45, 2.75) is 103 Å². The Bertz CT molecular complexity index is 742. The number of aliphatic hydroxyl groups is 1. The van der Waals surface area contributed by atoms with Crippen LogP contribution in [0.5, 0.6) is 0 Å². The SMILES string of the molecule is CCCC(C)NC(=O)C1N([C@@H](CO)C(C)C)C(=O)[C@@H]2[C@@H](C(=O)OCC)[C@@]3(CC)CCC12O3. The number of likely N-dealkylation sites (tertiary alicyclic amines) is 1. The summed E-state index contributed by atoms with van der Waals surface area (Å²) in [5.74, 6) is -2.57. The second-order valence-corrected chi connectivity index (χ2v) is 10.0. The number of ether oxygens (including phenoxy) is 2. The Morgan fingerprint density at radius 3 is 2.47 bits per heavy atom. The molecule has 3 unspecified atom stereocenters. The second-order valence-electron chi connectivity index (χ2n) is 10.0. The highest BCUT2D eigenvalue weighted by Gasteiger charge is 2.79. The van der Waals surface area contributed by atoms with Crippen LogP contribution in [0.1, 0.15) is 73.6 Å². The van der Waals surface area contributed by atoms with Gasteiger partial charge in [-0.2, -0.15) is 0 Å². The van der Waals surface area contributed by atoms with Crippen LogP contribution in [0.15, 0.2) is 0 Å². The molecule has 3 rings (SSSR count). The smallest absolute Gasteiger partial charge is 0.312 e. The van der Waals surface area contributed by atoms with Crippen LogP contribution in [0.25, 0.3) is 0 Å². The molecule has 1 spiro atoms. The van der Waals surface area contributed by atoms with Gasteiger partial charge in [0.2, 0.25) is 11.8 Å². The number of hydrogen-bond acceptors (Lipinski definition) is 6. The van der Waals surface area contributed by atoms with Crippen molar-refractivity contribution in [2.24, 2.45) is 17.8 Å². The van der Waals surface area contributed by atoms with Gasteiger partial charge in [0.05, 0.1) is 30.8 Å². The predicted octanol–water partition coefficient (Wildman–Crippen LogP) is 2.03. The van der Waals surface area contributed by atoms with Gasteiger partial charge in [-0.1, -0.05) is 34.1 Å². The van der Waals surface area contributed by atoms with Crippen molar-refractivity contribution >= 4 is 17.8 Å². The van der Waals surface area contributed by atoms with Crippen molar-refractivity contribution in [3.63, 3.8) is 0 Å². The summed E-state index contributed by atoms with van der Waals surface area (Å²) in [7, 11) is 0. The molecular formula is C24H40N2O6. The molecule has 2 N–H and O–H groups in total. The van der Waals surface area contributed by atoms with Gasteiger partial charge in [-0.05, 0) is 45.4 Å². The van der Waals surface area contributed by atoms with Crippen molar-refractivity contribution in [1.82, 2.24) is 10.2 Å². The molecule has 8 nitrogen and oxygen atoms in total. The van der Waals surface area contributed by atoms with Crippen LogP contribution >= 0.6 is 0 Å². The molecule has 182 valence electrons. The molecular weight excluding hydrogens is 412 g/mol. The number of esters is 1. The van der Waals surface area contributed by atoms with E-state index in [2.05, 4.69) is 12.2 Å². The van der Waals surface area contributed by atoms with Crippen LogP contribution < -0.4 is 5.32 Å². The van der Waals surface area contributed by atoms with Gasteiger partial charge in [0.15, 0.2) is 0 Å². The van der Waals surface area contributed by atoms with Crippen LogP contribution in [-0.2, 0) is 23.9 Å². The van der Waals surface area contributed by atoms with Crippen LogP contribution in [0.4, 0.5) is 0 Å². The fourth-order valence-electron chi connectivity index (χ4n) is 6.35. The largest absolute Gasteiger partial charge is 0.466 e. The molecule has 0 saturated carbocycles. The maximum atomic E-state index is 13.9. The number of carbonyl (C=O) groups excluding carboxylic acids is 3. The maximum Gasteiger partial charge on any atom is 0.312 e. The lowest BCUT2D eigenvalue weighted by atomic mass is 9.65. The molecule has 3 fully saturated rings. The highest BCUT2D eigenvalue weighted by atomic mass is 16.6. The summed E-state index contributed by atoms with van der Waals surface area (Å²) < 4.78 is 12.0. The molecule has 3 aliphatic heterocycles. The lowest BCUT2D eigenvalue weighted by Crippen LogP contribution is -2.59. The summed E-state index contributed by atoms with van der Waals surface area (Å²) in [5, 5.41) is 13.2. The number of nitrogens with zero attached hydrogens (tertiary/aromatic N) is 1. The quantitative estimate of drug-likeness (QED) is 0.492.